The van der Waals surface area contributed by atoms with Gasteiger partial charge in [-0.25, -0.2) is 0 Å². The maximum Gasteiger partial charge on any atom is 0.0648 e. The summed E-state index contributed by atoms with van der Waals surface area (Å²) in [6.45, 7) is 0.668. The molecule has 0 aliphatic carbocycles. The molecule has 2 aromatic rings. The van der Waals surface area contributed by atoms with Crippen molar-refractivity contribution >= 4 is 67.4 Å². The Hall–Kier alpha value is 0.0300. The van der Waals surface area contributed by atoms with E-state index in [1.54, 1.807) is 0 Å². The first-order chi connectivity index (χ1) is 8.56. The van der Waals surface area contributed by atoms with Crippen LogP contribution in [0.15, 0.2) is 40.9 Å². The van der Waals surface area contributed by atoms with Crippen LogP contribution in [0.3, 0.4) is 0 Å². The maximum absolute atomic E-state index is 6.16. The second-order valence-corrected chi connectivity index (χ2v) is 6.66. The highest BCUT2D eigenvalue weighted by molar-refractivity contribution is 14.1. The van der Waals surface area contributed by atoms with E-state index in [-0.39, 0.29) is 0 Å². The van der Waals surface area contributed by atoms with Gasteiger partial charge in [-0.05, 0) is 64.6 Å². The Morgan fingerprint density at radius 3 is 2.61 bits per heavy atom. The highest BCUT2D eigenvalue weighted by atomic mass is 127. The molecule has 0 saturated heterocycles. The third-order valence-corrected chi connectivity index (χ3v) is 4.40. The molecular formula is C13H9BrCl2IN. The molecule has 0 aromatic heterocycles. The molecular weight excluding hydrogens is 448 g/mol. The first-order valence-corrected chi connectivity index (χ1v) is 7.82. The first kappa shape index (κ1) is 14.4. The fourth-order valence-corrected chi connectivity index (χ4v) is 3.01. The van der Waals surface area contributed by atoms with Crippen LogP contribution < -0.4 is 5.32 Å². The lowest BCUT2D eigenvalue weighted by atomic mass is 10.2. The number of rotatable bonds is 3. The average Bonchev–Trinajstić information content (AvgIpc) is 2.32. The predicted octanol–water partition coefficient (Wildman–Crippen LogP) is 5.97. The molecule has 0 atom stereocenters. The van der Waals surface area contributed by atoms with E-state index in [9.17, 15) is 0 Å². The van der Waals surface area contributed by atoms with E-state index in [4.69, 9.17) is 23.2 Å². The van der Waals surface area contributed by atoms with Crippen LogP contribution >= 0.6 is 61.7 Å². The van der Waals surface area contributed by atoms with Gasteiger partial charge in [0.05, 0.1) is 10.7 Å². The summed E-state index contributed by atoms with van der Waals surface area (Å²) in [5.74, 6) is 0. The number of benzene rings is 2. The lowest BCUT2D eigenvalue weighted by Gasteiger charge is -2.10. The van der Waals surface area contributed by atoms with Crippen LogP contribution in [-0.4, -0.2) is 0 Å². The minimum atomic E-state index is 0.668. The fraction of sp³-hybridized carbons (Fsp3) is 0.0769. The third-order valence-electron chi connectivity index (χ3n) is 2.41. The van der Waals surface area contributed by atoms with Crippen LogP contribution in [0.5, 0.6) is 0 Å². The number of hydrogen-bond donors (Lipinski definition) is 1. The molecule has 2 aromatic carbocycles. The number of nitrogens with one attached hydrogen (secondary N) is 1. The molecule has 94 valence electrons. The minimum absolute atomic E-state index is 0.668. The lowest BCUT2D eigenvalue weighted by molar-refractivity contribution is 1.14. The molecule has 0 saturated carbocycles. The van der Waals surface area contributed by atoms with Gasteiger partial charge in [0, 0.05) is 19.6 Å². The topological polar surface area (TPSA) is 12.0 Å². The second kappa shape index (κ2) is 6.46. The predicted molar refractivity (Wildman–Crippen MR) is 90.6 cm³/mol. The largest absolute Gasteiger partial charge is 0.380 e. The normalized spacial score (nSPS) is 10.4. The highest BCUT2D eigenvalue weighted by Gasteiger charge is 2.04. The summed E-state index contributed by atoms with van der Waals surface area (Å²) in [6.07, 6.45) is 0. The van der Waals surface area contributed by atoms with Crippen LogP contribution in [-0.2, 0) is 6.54 Å². The summed E-state index contributed by atoms with van der Waals surface area (Å²) in [6, 6.07) is 11.6. The third kappa shape index (κ3) is 3.76. The van der Waals surface area contributed by atoms with Crippen molar-refractivity contribution in [2.75, 3.05) is 5.32 Å². The lowest BCUT2D eigenvalue weighted by Crippen LogP contribution is -2.00. The van der Waals surface area contributed by atoms with Gasteiger partial charge in [-0.1, -0.05) is 39.1 Å². The zero-order chi connectivity index (χ0) is 13.1. The van der Waals surface area contributed by atoms with Gasteiger partial charge in [0.2, 0.25) is 0 Å². The van der Waals surface area contributed by atoms with Gasteiger partial charge in [-0.15, -0.1) is 0 Å². The van der Waals surface area contributed by atoms with E-state index < -0.39 is 0 Å². The van der Waals surface area contributed by atoms with Crippen LogP contribution in [0.25, 0.3) is 0 Å². The van der Waals surface area contributed by atoms with Crippen LogP contribution in [0.4, 0.5) is 5.69 Å². The molecule has 5 heteroatoms. The van der Waals surface area contributed by atoms with Gasteiger partial charge in [-0.2, -0.15) is 0 Å². The van der Waals surface area contributed by atoms with E-state index in [2.05, 4.69) is 43.8 Å². The van der Waals surface area contributed by atoms with E-state index >= 15 is 0 Å². The molecule has 0 aliphatic rings. The molecule has 18 heavy (non-hydrogen) atoms. The number of halogens is 4. The van der Waals surface area contributed by atoms with Crippen molar-refractivity contribution in [3.05, 3.63) is 60.0 Å². The van der Waals surface area contributed by atoms with Crippen molar-refractivity contribution in [1.82, 2.24) is 0 Å². The molecule has 2 rings (SSSR count). The van der Waals surface area contributed by atoms with E-state index in [1.807, 2.05) is 36.4 Å². The molecule has 0 aliphatic heterocycles. The van der Waals surface area contributed by atoms with Crippen molar-refractivity contribution in [1.29, 1.82) is 0 Å². The van der Waals surface area contributed by atoms with E-state index in [0.717, 1.165) is 29.3 Å². The van der Waals surface area contributed by atoms with Gasteiger partial charge in [0.15, 0.2) is 0 Å². The van der Waals surface area contributed by atoms with Gasteiger partial charge in [0.1, 0.15) is 0 Å². The van der Waals surface area contributed by atoms with Crippen molar-refractivity contribution in [2.45, 2.75) is 6.54 Å². The number of anilines is 1. The Morgan fingerprint density at radius 2 is 1.89 bits per heavy atom. The number of hydrogen-bond acceptors (Lipinski definition) is 1. The average molecular weight is 457 g/mol. The molecule has 0 bridgehead atoms. The zero-order valence-electron chi connectivity index (χ0n) is 9.18. The monoisotopic (exact) mass is 455 g/mol. The van der Waals surface area contributed by atoms with Gasteiger partial charge in [0.25, 0.3) is 0 Å². The maximum atomic E-state index is 6.16. The molecule has 0 unspecified atom stereocenters. The van der Waals surface area contributed by atoms with Crippen molar-refractivity contribution in [3.8, 4) is 0 Å². The highest BCUT2D eigenvalue weighted by Crippen LogP contribution is 2.26. The van der Waals surface area contributed by atoms with Gasteiger partial charge in [-0.3, -0.25) is 0 Å². The Bertz CT molecular complexity index is 575. The SMILES string of the molecule is Clc1ccc(Br)c(CNc2ccc(I)cc2Cl)c1. The van der Waals surface area contributed by atoms with Crippen molar-refractivity contribution in [2.24, 2.45) is 0 Å². The van der Waals surface area contributed by atoms with Gasteiger partial charge < -0.3 is 5.32 Å². The first-order valence-electron chi connectivity index (χ1n) is 5.19. The zero-order valence-corrected chi connectivity index (χ0v) is 14.4. The van der Waals surface area contributed by atoms with Crippen LogP contribution in [0.1, 0.15) is 5.56 Å². The van der Waals surface area contributed by atoms with Gasteiger partial charge >= 0.3 is 0 Å². The van der Waals surface area contributed by atoms with Crippen LogP contribution in [0.2, 0.25) is 10.0 Å². The molecule has 0 spiro atoms. The molecule has 1 nitrogen and oxygen atoms in total. The summed E-state index contributed by atoms with van der Waals surface area (Å²) in [7, 11) is 0. The van der Waals surface area contributed by atoms with E-state index in [0.29, 0.717) is 6.54 Å². The second-order valence-electron chi connectivity index (χ2n) is 3.71. The summed E-state index contributed by atoms with van der Waals surface area (Å²) in [5, 5.41) is 4.75. The Kier molecular flexibility index (Phi) is 5.18. The molecule has 0 fully saturated rings. The molecule has 0 amide bonds. The summed E-state index contributed by atoms with van der Waals surface area (Å²) in [4.78, 5) is 0. The Morgan fingerprint density at radius 1 is 1.11 bits per heavy atom. The van der Waals surface area contributed by atoms with E-state index in [1.165, 1.54) is 0 Å². The van der Waals surface area contributed by atoms with Crippen molar-refractivity contribution in [3.63, 3.8) is 0 Å². The summed E-state index contributed by atoms with van der Waals surface area (Å²) in [5.41, 5.74) is 2.01. The summed E-state index contributed by atoms with van der Waals surface area (Å²) >= 11 is 17.9. The molecule has 1 N–H and O–H groups in total. The Labute approximate surface area is 138 Å². The fourth-order valence-electron chi connectivity index (χ4n) is 1.50. The van der Waals surface area contributed by atoms with Crippen molar-refractivity contribution < 1.29 is 0 Å². The summed E-state index contributed by atoms with van der Waals surface area (Å²) < 4.78 is 2.15. The Balaban J connectivity index is 2.13. The smallest absolute Gasteiger partial charge is 0.0648 e. The molecule has 0 heterocycles. The van der Waals surface area contributed by atoms with Crippen LogP contribution in [0, 0.1) is 3.57 Å². The molecule has 0 radical (unpaired) electrons. The standard InChI is InChI=1S/C13H9BrCl2IN/c14-11-3-1-9(15)5-8(11)7-18-13-4-2-10(17)6-12(13)16/h1-6,18H,7H2. The quantitative estimate of drug-likeness (QED) is 0.561. The minimum Gasteiger partial charge on any atom is -0.380 e.